The van der Waals surface area contributed by atoms with Gasteiger partial charge in [0.2, 0.25) is 5.67 Å². The van der Waals surface area contributed by atoms with Gasteiger partial charge in [-0.25, -0.2) is 4.39 Å². The van der Waals surface area contributed by atoms with Crippen LogP contribution in [0.2, 0.25) is 0 Å². The summed E-state index contributed by atoms with van der Waals surface area (Å²) < 4.78 is 82.8. The van der Waals surface area contributed by atoms with Crippen LogP contribution in [0.25, 0.3) is 0 Å². The highest BCUT2D eigenvalue weighted by molar-refractivity contribution is 7.80. The van der Waals surface area contributed by atoms with Crippen molar-refractivity contribution in [2.24, 2.45) is 0 Å². The van der Waals surface area contributed by atoms with Crippen molar-refractivity contribution in [1.82, 2.24) is 0 Å². The van der Waals surface area contributed by atoms with Crippen molar-refractivity contribution in [2.45, 2.75) is 27.6 Å². The maximum Gasteiger partial charge on any atom is 0.457 e. The van der Waals surface area contributed by atoms with Crippen LogP contribution in [0.5, 0.6) is 0 Å². The molecule has 2 rings (SSSR count). The van der Waals surface area contributed by atoms with Gasteiger partial charge in [0.05, 0.1) is 0 Å². The summed E-state index contributed by atoms with van der Waals surface area (Å²) >= 11 is 7.80. The molecular weight excluding hydrogens is 386 g/mol. The first-order valence-corrected chi connectivity index (χ1v) is 7.53. The summed E-state index contributed by atoms with van der Waals surface area (Å²) in [5, 5.41) is 0. The van der Waals surface area contributed by atoms with E-state index in [9.17, 15) is 22.0 Å². The largest absolute Gasteiger partial charge is 0.457 e. The summed E-state index contributed by atoms with van der Waals surface area (Å²) in [5.41, 5.74) is 4.29. The SMILES string of the molecule is Nc1cc(C(F)(c2ccc(S)c(N)c2)C(F)(F)C(F)(F)F)ccc1S. The van der Waals surface area contributed by atoms with Crippen molar-refractivity contribution in [2.75, 3.05) is 11.5 Å². The van der Waals surface area contributed by atoms with Crippen LogP contribution in [-0.2, 0) is 5.67 Å². The summed E-state index contributed by atoms with van der Waals surface area (Å²) in [4.78, 5) is 0.207. The molecule has 2 aromatic rings. The Morgan fingerprint density at radius 3 is 1.32 bits per heavy atom. The molecule has 0 aliphatic heterocycles. The van der Waals surface area contributed by atoms with Crippen LogP contribution in [0.15, 0.2) is 46.2 Å². The summed E-state index contributed by atoms with van der Waals surface area (Å²) in [6.45, 7) is 0. The predicted molar refractivity (Wildman–Crippen MR) is 89.1 cm³/mol. The number of halogens is 6. The first-order valence-electron chi connectivity index (χ1n) is 6.63. The molecule has 0 unspecified atom stereocenters. The highest BCUT2D eigenvalue weighted by Gasteiger charge is 2.72. The molecular formula is C15H12F6N2S2. The minimum absolute atomic E-state index is 0.103. The number of hydrogen-bond donors (Lipinski definition) is 4. The topological polar surface area (TPSA) is 52.0 Å². The molecule has 0 spiro atoms. The van der Waals surface area contributed by atoms with E-state index in [-0.39, 0.29) is 21.2 Å². The second-order valence-electron chi connectivity index (χ2n) is 5.28. The number of rotatable bonds is 3. The molecule has 0 saturated carbocycles. The molecule has 0 bridgehead atoms. The van der Waals surface area contributed by atoms with Crippen molar-refractivity contribution >= 4 is 36.6 Å². The van der Waals surface area contributed by atoms with Gasteiger partial charge < -0.3 is 11.5 Å². The van der Waals surface area contributed by atoms with Crippen LogP contribution >= 0.6 is 25.3 Å². The third-order valence-electron chi connectivity index (χ3n) is 3.64. The van der Waals surface area contributed by atoms with Crippen LogP contribution in [0.1, 0.15) is 11.1 Å². The van der Waals surface area contributed by atoms with Gasteiger partial charge in [0, 0.05) is 32.3 Å². The van der Waals surface area contributed by atoms with E-state index in [0.29, 0.717) is 12.1 Å². The second kappa shape index (κ2) is 6.24. The monoisotopic (exact) mass is 398 g/mol. The van der Waals surface area contributed by atoms with Crippen LogP contribution in [0.3, 0.4) is 0 Å². The molecule has 25 heavy (non-hydrogen) atoms. The Labute approximate surface area is 150 Å². The fourth-order valence-corrected chi connectivity index (χ4v) is 2.54. The lowest BCUT2D eigenvalue weighted by Crippen LogP contribution is -2.53. The first kappa shape index (κ1) is 19.6. The molecule has 0 amide bonds. The van der Waals surface area contributed by atoms with E-state index < -0.39 is 28.9 Å². The molecule has 0 fully saturated rings. The van der Waals surface area contributed by atoms with Crippen molar-refractivity contribution in [3.05, 3.63) is 47.5 Å². The molecule has 0 radical (unpaired) electrons. The third kappa shape index (κ3) is 3.12. The Morgan fingerprint density at radius 1 is 0.680 bits per heavy atom. The zero-order valence-electron chi connectivity index (χ0n) is 12.3. The van der Waals surface area contributed by atoms with Gasteiger partial charge in [-0.2, -0.15) is 22.0 Å². The average molecular weight is 398 g/mol. The van der Waals surface area contributed by atoms with Crippen LogP contribution < -0.4 is 11.5 Å². The standard InChI is InChI=1S/C15H12F6N2S2/c16-13(14(17,18)15(19,20)21,7-1-3-11(24)9(22)5-7)8-2-4-12(25)10(23)6-8/h1-6,24-25H,22-23H2. The van der Waals surface area contributed by atoms with E-state index in [1.807, 2.05) is 0 Å². The van der Waals surface area contributed by atoms with E-state index in [1.54, 1.807) is 0 Å². The lowest BCUT2D eigenvalue weighted by Gasteiger charge is -2.35. The Hall–Kier alpha value is -1.68. The normalized spacial score (nSPS) is 13.1. The van der Waals surface area contributed by atoms with Gasteiger partial charge in [0.25, 0.3) is 0 Å². The predicted octanol–water partition coefficient (Wildman–Crippen LogP) is 4.84. The van der Waals surface area contributed by atoms with Crippen molar-refractivity contribution in [3.63, 3.8) is 0 Å². The molecule has 0 aliphatic rings. The van der Waals surface area contributed by atoms with E-state index >= 15 is 4.39 Å². The first-order chi connectivity index (χ1) is 11.3. The van der Waals surface area contributed by atoms with E-state index in [0.717, 1.165) is 24.3 Å². The highest BCUT2D eigenvalue weighted by Crippen LogP contribution is 2.55. The molecule has 2 aromatic carbocycles. The lowest BCUT2D eigenvalue weighted by molar-refractivity contribution is -0.323. The Balaban J connectivity index is 2.83. The quantitative estimate of drug-likeness (QED) is 0.340. The smallest absolute Gasteiger partial charge is 0.398 e. The number of thiol groups is 2. The van der Waals surface area contributed by atoms with E-state index in [2.05, 4.69) is 25.3 Å². The number of nitrogen functional groups attached to an aromatic ring is 2. The number of nitrogens with two attached hydrogens (primary N) is 2. The van der Waals surface area contributed by atoms with Gasteiger partial charge in [0.15, 0.2) is 0 Å². The van der Waals surface area contributed by atoms with Gasteiger partial charge in [-0.15, -0.1) is 25.3 Å². The lowest BCUT2D eigenvalue weighted by atomic mass is 9.81. The van der Waals surface area contributed by atoms with Crippen LogP contribution in [0, 0.1) is 0 Å². The molecule has 0 aromatic heterocycles. The molecule has 0 aliphatic carbocycles. The van der Waals surface area contributed by atoms with E-state index in [4.69, 9.17) is 11.5 Å². The summed E-state index contributed by atoms with van der Waals surface area (Å²) in [7, 11) is 0. The summed E-state index contributed by atoms with van der Waals surface area (Å²) in [6, 6.07) is 4.97. The third-order valence-corrected chi connectivity index (χ3v) is 4.45. The number of alkyl halides is 6. The Morgan fingerprint density at radius 2 is 1.04 bits per heavy atom. The van der Waals surface area contributed by atoms with Gasteiger partial charge in [0.1, 0.15) is 0 Å². The number of benzene rings is 2. The minimum Gasteiger partial charge on any atom is -0.398 e. The van der Waals surface area contributed by atoms with Crippen molar-refractivity contribution in [3.8, 4) is 0 Å². The van der Waals surface area contributed by atoms with Gasteiger partial charge in [-0.1, -0.05) is 12.1 Å². The molecule has 10 heteroatoms. The zero-order valence-corrected chi connectivity index (χ0v) is 14.1. The van der Waals surface area contributed by atoms with Crippen LogP contribution in [-0.4, -0.2) is 12.1 Å². The maximum atomic E-state index is 15.5. The zero-order chi connectivity index (χ0) is 19.2. The molecule has 2 nitrogen and oxygen atoms in total. The Bertz CT molecular complexity index is 756. The molecule has 0 atom stereocenters. The number of anilines is 2. The van der Waals surface area contributed by atoms with E-state index in [1.165, 1.54) is 0 Å². The second-order valence-corrected chi connectivity index (χ2v) is 6.24. The van der Waals surface area contributed by atoms with Gasteiger partial charge in [-0.05, 0) is 24.3 Å². The molecule has 136 valence electrons. The number of hydrogen-bond acceptors (Lipinski definition) is 4. The van der Waals surface area contributed by atoms with Crippen molar-refractivity contribution in [1.29, 1.82) is 0 Å². The Kier molecular flexibility index (Phi) is 4.90. The van der Waals surface area contributed by atoms with Crippen molar-refractivity contribution < 1.29 is 26.3 Å². The highest BCUT2D eigenvalue weighted by atomic mass is 32.1. The minimum atomic E-state index is -6.16. The fourth-order valence-electron chi connectivity index (χ4n) is 2.26. The summed E-state index contributed by atoms with van der Waals surface area (Å²) in [5.74, 6) is -5.75. The molecule has 0 heterocycles. The molecule has 4 N–H and O–H groups in total. The summed E-state index contributed by atoms with van der Waals surface area (Å²) in [6.07, 6.45) is -6.16. The average Bonchev–Trinajstić information content (AvgIpc) is 2.50. The fraction of sp³-hybridized carbons (Fsp3) is 0.200. The van der Waals surface area contributed by atoms with Gasteiger partial charge >= 0.3 is 12.1 Å². The van der Waals surface area contributed by atoms with Crippen LogP contribution in [0.4, 0.5) is 37.7 Å². The maximum absolute atomic E-state index is 15.5. The molecule has 0 saturated heterocycles. The van der Waals surface area contributed by atoms with Gasteiger partial charge in [-0.3, -0.25) is 0 Å².